The largest absolute Gasteiger partial charge is 0.462 e. The minimum atomic E-state index is -4.86. The Balaban J connectivity index is 1.99. The van der Waals surface area contributed by atoms with Crippen LogP contribution in [0, 0.1) is 27.2 Å². The van der Waals surface area contributed by atoms with Crippen LogP contribution in [-0.2, 0) is 14.9 Å². The molecule has 35 heavy (non-hydrogen) atoms. The van der Waals surface area contributed by atoms with E-state index in [0.717, 1.165) is 23.5 Å². The summed E-state index contributed by atoms with van der Waals surface area (Å²) >= 11 is 1.01. The van der Waals surface area contributed by atoms with Crippen molar-refractivity contribution in [2.75, 3.05) is 6.61 Å². The Morgan fingerprint density at radius 1 is 1.14 bits per heavy atom. The van der Waals surface area contributed by atoms with Crippen molar-refractivity contribution in [2.24, 2.45) is 0 Å². The van der Waals surface area contributed by atoms with Crippen LogP contribution in [0.1, 0.15) is 32.6 Å². The van der Waals surface area contributed by atoms with Crippen LogP contribution in [0.4, 0.5) is 11.4 Å². The second-order valence-electron chi connectivity index (χ2n) is 6.73. The Labute approximate surface area is 201 Å². The highest BCUT2D eigenvalue weighted by Gasteiger charge is 2.31. The molecule has 0 amide bonds. The molecule has 15 heteroatoms. The number of non-ortho nitro benzene ring substituents is 1. The van der Waals surface area contributed by atoms with Gasteiger partial charge in [0.05, 0.1) is 33.8 Å². The van der Waals surface area contributed by atoms with Crippen LogP contribution >= 0.6 is 11.3 Å². The van der Waals surface area contributed by atoms with Gasteiger partial charge in [0, 0.05) is 11.6 Å². The van der Waals surface area contributed by atoms with Crippen LogP contribution in [-0.4, -0.2) is 42.1 Å². The van der Waals surface area contributed by atoms with E-state index in [1.54, 1.807) is 13.8 Å². The number of nitro benzene ring substituents is 2. The van der Waals surface area contributed by atoms with Gasteiger partial charge in [0.2, 0.25) is 0 Å². The molecular weight excluding hydrogens is 506 g/mol. The van der Waals surface area contributed by atoms with Gasteiger partial charge < -0.3 is 8.92 Å². The van der Waals surface area contributed by atoms with E-state index < -0.39 is 48.0 Å². The summed E-state index contributed by atoms with van der Waals surface area (Å²) in [5.41, 5.74) is -1.18. The number of nitrogens with zero attached hydrogens (tertiary/aromatic N) is 3. The molecule has 1 heterocycles. The number of carbonyl (C=O) groups is 2. The highest BCUT2D eigenvalue weighted by molar-refractivity contribution is 7.87. The standard InChI is InChI=1S/C20H15N3O10S2/c1-3-32-20(25)18-11(2)21-19(34-18)12-4-6-16(13(8-12)10-24)33-35(30,31)17-7-5-14(22(26)27)9-15(17)23(28)29/h4-10H,3H2,1-2H3. The number of hydrogen-bond acceptors (Lipinski definition) is 12. The fraction of sp³-hybridized carbons (Fsp3) is 0.150. The quantitative estimate of drug-likeness (QED) is 0.131. The van der Waals surface area contributed by atoms with Crippen molar-refractivity contribution in [1.82, 2.24) is 4.98 Å². The summed E-state index contributed by atoms with van der Waals surface area (Å²) in [4.78, 5) is 47.5. The lowest BCUT2D eigenvalue weighted by atomic mass is 10.1. The maximum absolute atomic E-state index is 12.7. The predicted molar refractivity (Wildman–Crippen MR) is 121 cm³/mol. The van der Waals surface area contributed by atoms with Gasteiger partial charge in [-0.3, -0.25) is 25.0 Å². The van der Waals surface area contributed by atoms with Gasteiger partial charge in [-0.1, -0.05) is 0 Å². The lowest BCUT2D eigenvalue weighted by Crippen LogP contribution is -2.13. The molecule has 1 aromatic heterocycles. The third kappa shape index (κ3) is 5.30. The molecule has 0 saturated carbocycles. The van der Waals surface area contributed by atoms with E-state index in [0.29, 0.717) is 34.7 Å². The fourth-order valence-corrected chi connectivity index (χ4v) is 4.95. The number of aromatic nitrogens is 1. The van der Waals surface area contributed by atoms with Crippen LogP contribution in [0.25, 0.3) is 10.6 Å². The minimum Gasteiger partial charge on any atom is -0.462 e. The number of aldehydes is 1. The molecule has 0 fully saturated rings. The summed E-state index contributed by atoms with van der Waals surface area (Å²) in [5, 5.41) is 22.5. The van der Waals surface area contributed by atoms with Crippen LogP contribution in [0.5, 0.6) is 5.75 Å². The highest BCUT2D eigenvalue weighted by atomic mass is 32.2. The van der Waals surface area contributed by atoms with Gasteiger partial charge >= 0.3 is 16.1 Å². The average molecular weight is 521 g/mol. The molecule has 0 aliphatic rings. The third-order valence-electron chi connectivity index (χ3n) is 4.46. The Kier molecular flexibility index (Phi) is 7.21. The van der Waals surface area contributed by atoms with Crippen LogP contribution in [0.2, 0.25) is 0 Å². The minimum absolute atomic E-state index is 0.175. The molecule has 0 saturated heterocycles. The van der Waals surface area contributed by atoms with Crippen LogP contribution < -0.4 is 4.18 Å². The number of benzene rings is 2. The molecule has 0 atom stereocenters. The van der Waals surface area contributed by atoms with E-state index in [4.69, 9.17) is 8.92 Å². The number of esters is 1. The van der Waals surface area contributed by atoms with Crippen molar-refractivity contribution in [2.45, 2.75) is 18.7 Å². The number of nitro groups is 2. The highest BCUT2D eigenvalue weighted by Crippen LogP contribution is 2.34. The molecule has 0 aliphatic heterocycles. The second kappa shape index (κ2) is 9.94. The second-order valence-corrected chi connectivity index (χ2v) is 9.24. The van der Waals surface area contributed by atoms with Gasteiger partial charge in [-0.15, -0.1) is 11.3 Å². The summed E-state index contributed by atoms with van der Waals surface area (Å²) < 4.78 is 35.4. The Hall–Kier alpha value is -4.24. The lowest BCUT2D eigenvalue weighted by molar-refractivity contribution is -0.396. The molecular formula is C20H15N3O10S2. The molecule has 0 spiro atoms. The van der Waals surface area contributed by atoms with Crippen molar-refractivity contribution < 1.29 is 36.8 Å². The van der Waals surface area contributed by atoms with Crippen LogP contribution in [0.15, 0.2) is 41.3 Å². The van der Waals surface area contributed by atoms with E-state index in [2.05, 4.69) is 4.98 Å². The van der Waals surface area contributed by atoms with Crippen molar-refractivity contribution in [3.63, 3.8) is 0 Å². The smallest absolute Gasteiger partial charge is 0.350 e. The lowest BCUT2D eigenvalue weighted by Gasteiger charge is -2.10. The van der Waals surface area contributed by atoms with Crippen LogP contribution in [0.3, 0.4) is 0 Å². The van der Waals surface area contributed by atoms with Crippen molar-refractivity contribution in [1.29, 1.82) is 0 Å². The molecule has 3 aromatic rings. The van der Waals surface area contributed by atoms with Gasteiger partial charge in [-0.25, -0.2) is 9.78 Å². The number of thiazole rings is 1. The molecule has 13 nitrogen and oxygen atoms in total. The fourth-order valence-electron chi connectivity index (χ4n) is 2.89. The molecule has 0 unspecified atom stereocenters. The SMILES string of the molecule is CCOC(=O)c1sc(-c2ccc(OS(=O)(=O)c3ccc([N+](=O)[O-])cc3[N+](=O)[O-])c(C=O)c2)nc1C. The van der Waals surface area contributed by atoms with Gasteiger partial charge in [-0.05, 0) is 38.1 Å². The molecule has 0 bridgehead atoms. The van der Waals surface area contributed by atoms with E-state index >= 15 is 0 Å². The number of ether oxygens (including phenoxy) is 1. The number of rotatable bonds is 9. The summed E-state index contributed by atoms with van der Waals surface area (Å²) in [6.45, 7) is 3.44. The zero-order valence-corrected chi connectivity index (χ0v) is 19.6. The number of hydrogen-bond donors (Lipinski definition) is 0. The van der Waals surface area contributed by atoms with Crippen molar-refractivity contribution >= 4 is 45.1 Å². The average Bonchev–Trinajstić information content (AvgIpc) is 3.20. The van der Waals surface area contributed by atoms with E-state index in [1.807, 2.05) is 0 Å². The Morgan fingerprint density at radius 3 is 2.46 bits per heavy atom. The summed E-state index contributed by atoms with van der Waals surface area (Å²) in [5.74, 6) is -0.990. The maximum Gasteiger partial charge on any atom is 0.350 e. The Bertz CT molecular complexity index is 1460. The zero-order valence-electron chi connectivity index (χ0n) is 18.0. The molecule has 3 rings (SSSR count). The molecule has 2 aromatic carbocycles. The van der Waals surface area contributed by atoms with Gasteiger partial charge in [-0.2, -0.15) is 8.42 Å². The topological polar surface area (TPSA) is 186 Å². The van der Waals surface area contributed by atoms with E-state index in [1.165, 1.54) is 12.1 Å². The predicted octanol–water partition coefficient (Wildman–Crippen LogP) is 3.69. The summed E-state index contributed by atoms with van der Waals surface area (Å²) in [7, 11) is -4.86. The zero-order chi connectivity index (χ0) is 25.9. The first-order valence-electron chi connectivity index (χ1n) is 9.60. The van der Waals surface area contributed by atoms with E-state index in [-0.39, 0.29) is 17.0 Å². The molecule has 182 valence electrons. The first-order chi connectivity index (χ1) is 16.5. The summed E-state index contributed by atoms with van der Waals surface area (Å²) in [6.07, 6.45) is 0.311. The molecule has 0 N–H and O–H groups in total. The summed E-state index contributed by atoms with van der Waals surface area (Å²) in [6, 6.07) is 5.75. The normalized spacial score (nSPS) is 11.0. The first kappa shape index (κ1) is 25.4. The molecule has 0 radical (unpaired) electrons. The third-order valence-corrected chi connectivity index (χ3v) is 6.93. The number of carbonyl (C=O) groups excluding carboxylic acids is 2. The van der Waals surface area contributed by atoms with Gasteiger partial charge in [0.15, 0.2) is 16.9 Å². The maximum atomic E-state index is 12.7. The number of aryl methyl sites for hydroxylation is 1. The van der Waals surface area contributed by atoms with Gasteiger partial charge in [0.1, 0.15) is 9.88 Å². The molecule has 0 aliphatic carbocycles. The van der Waals surface area contributed by atoms with Gasteiger partial charge in [0.25, 0.3) is 11.4 Å². The van der Waals surface area contributed by atoms with E-state index in [9.17, 15) is 38.2 Å². The van der Waals surface area contributed by atoms with Crippen molar-refractivity contribution in [3.8, 4) is 16.3 Å². The first-order valence-corrected chi connectivity index (χ1v) is 11.8. The Morgan fingerprint density at radius 2 is 1.86 bits per heavy atom. The monoisotopic (exact) mass is 521 g/mol. The van der Waals surface area contributed by atoms with Crippen molar-refractivity contribution in [3.05, 3.63) is 72.8 Å².